The molecule has 94 valence electrons. The normalized spacial score (nSPS) is 22.0. The van der Waals surface area contributed by atoms with Gasteiger partial charge in [-0.15, -0.1) is 0 Å². The van der Waals surface area contributed by atoms with Crippen molar-refractivity contribution in [3.63, 3.8) is 0 Å². The number of piperidine rings is 1. The van der Waals surface area contributed by atoms with Crippen LogP contribution in [0.5, 0.6) is 0 Å². The lowest BCUT2D eigenvalue weighted by Crippen LogP contribution is -2.46. The molecule has 16 heavy (non-hydrogen) atoms. The van der Waals surface area contributed by atoms with Crippen LogP contribution in [0, 0.1) is 5.92 Å². The maximum Gasteiger partial charge on any atom is 0.399 e. The van der Waals surface area contributed by atoms with Gasteiger partial charge in [0.2, 0.25) is 0 Å². The summed E-state index contributed by atoms with van der Waals surface area (Å²) >= 11 is 4.44. The van der Waals surface area contributed by atoms with Gasteiger partial charge in [0.15, 0.2) is 0 Å². The summed E-state index contributed by atoms with van der Waals surface area (Å²) in [6.45, 7) is 0.707. The molecule has 7 heteroatoms. The Labute approximate surface area is 97.4 Å². The zero-order valence-corrected chi connectivity index (χ0v) is 9.52. The van der Waals surface area contributed by atoms with Crippen LogP contribution < -0.4 is 5.73 Å². The Bertz CT molecular complexity index is 252. The third-order valence-electron chi connectivity index (χ3n) is 2.74. The van der Waals surface area contributed by atoms with E-state index in [0.29, 0.717) is 25.9 Å². The van der Waals surface area contributed by atoms with Gasteiger partial charge in [0.1, 0.15) is 5.92 Å². The predicted octanol–water partition coefficient (Wildman–Crippen LogP) is 0.908. The average Bonchev–Trinajstić information content (AvgIpc) is 2.14. The van der Waals surface area contributed by atoms with Crippen molar-refractivity contribution in [3.8, 4) is 0 Å². The Morgan fingerprint density at radius 2 is 1.94 bits per heavy atom. The van der Waals surface area contributed by atoms with Gasteiger partial charge in [0.25, 0.3) is 0 Å². The predicted molar refractivity (Wildman–Crippen MR) is 58.0 cm³/mol. The fraction of sp³-hybridized carbons (Fsp3) is 0.889. The van der Waals surface area contributed by atoms with Crippen molar-refractivity contribution in [1.29, 1.82) is 0 Å². The van der Waals surface area contributed by atoms with E-state index in [-0.39, 0.29) is 6.54 Å². The highest BCUT2D eigenvalue weighted by atomic mass is 32.1. The second-order valence-corrected chi connectivity index (χ2v) is 4.50. The maximum absolute atomic E-state index is 12.6. The van der Waals surface area contributed by atoms with Gasteiger partial charge >= 0.3 is 6.18 Å². The molecular formula is C9H15F3N2OS. The number of hydrogen-bond donors (Lipinski definition) is 2. The van der Waals surface area contributed by atoms with E-state index in [4.69, 9.17) is 5.73 Å². The van der Waals surface area contributed by atoms with Crippen LogP contribution in [0.1, 0.15) is 12.8 Å². The molecule has 1 rings (SSSR count). The van der Waals surface area contributed by atoms with Gasteiger partial charge in [-0.25, -0.2) is 0 Å². The molecular weight excluding hydrogens is 241 g/mol. The highest BCUT2D eigenvalue weighted by Gasteiger charge is 2.42. The minimum absolute atomic E-state index is 0.203. The first-order valence-electron chi connectivity index (χ1n) is 5.07. The van der Waals surface area contributed by atoms with E-state index >= 15 is 0 Å². The van der Waals surface area contributed by atoms with Crippen molar-refractivity contribution in [3.05, 3.63) is 0 Å². The highest BCUT2D eigenvalue weighted by Crippen LogP contribution is 2.28. The summed E-state index contributed by atoms with van der Waals surface area (Å²) in [6.07, 6.45) is -3.78. The molecule has 3 N–H and O–H groups in total. The number of likely N-dealkylation sites (tertiary alicyclic amines) is 1. The number of alkyl halides is 3. The van der Waals surface area contributed by atoms with E-state index in [9.17, 15) is 18.3 Å². The number of thiocarbonyl (C=S) groups is 1. The van der Waals surface area contributed by atoms with Crippen molar-refractivity contribution in [2.45, 2.75) is 25.1 Å². The lowest BCUT2D eigenvalue weighted by molar-refractivity contribution is -0.160. The molecule has 0 aromatic heterocycles. The summed E-state index contributed by atoms with van der Waals surface area (Å²) in [4.78, 5) is 1.13. The van der Waals surface area contributed by atoms with Crippen LogP contribution in [-0.4, -0.2) is 46.9 Å². The van der Waals surface area contributed by atoms with E-state index in [1.807, 2.05) is 0 Å². The average molecular weight is 256 g/mol. The fourth-order valence-corrected chi connectivity index (χ4v) is 1.92. The third kappa shape index (κ3) is 3.88. The molecule has 0 bridgehead atoms. The summed E-state index contributed by atoms with van der Waals surface area (Å²) in [5, 5.41) is 9.23. The van der Waals surface area contributed by atoms with Crippen LogP contribution >= 0.6 is 12.2 Å². The van der Waals surface area contributed by atoms with E-state index < -0.39 is 23.2 Å². The van der Waals surface area contributed by atoms with Gasteiger partial charge in [-0.3, -0.25) is 0 Å². The Balaban J connectivity index is 2.53. The molecule has 0 aromatic carbocycles. The van der Waals surface area contributed by atoms with Crippen molar-refractivity contribution in [2.24, 2.45) is 11.7 Å². The topological polar surface area (TPSA) is 49.5 Å². The van der Waals surface area contributed by atoms with Crippen LogP contribution in [0.2, 0.25) is 0 Å². The molecule has 0 aliphatic carbocycles. The maximum atomic E-state index is 12.6. The van der Waals surface area contributed by atoms with Crippen LogP contribution in [-0.2, 0) is 0 Å². The number of nitrogens with zero attached hydrogens (tertiary/aromatic N) is 1. The molecule has 1 atom stereocenters. The first-order valence-corrected chi connectivity index (χ1v) is 5.48. The Morgan fingerprint density at radius 1 is 1.44 bits per heavy atom. The monoisotopic (exact) mass is 256 g/mol. The number of aliphatic hydroxyl groups is 1. The molecule has 1 unspecified atom stereocenters. The van der Waals surface area contributed by atoms with E-state index in [1.165, 1.54) is 0 Å². The first kappa shape index (κ1) is 13.7. The number of aliphatic hydroxyl groups excluding tert-OH is 1. The molecule has 1 aliphatic rings. The Morgan fingerprint density at radius 3 is 2.31 bits per heavy atom. The number of nitrogens with two attached hydrogens (primary N) is 1. The Kier molecular flexibility index (Phi) is 4.52. The van der Waals surface area contributed by atoms with Gasteiger partial charge in [0.05, 0.1) is 11.1 Å². The van der Waals surface area contributed by atoms with Crippen LogP contribution in [0.4, 0.5) is 13.2 Å². The summed E-state index contributed by atoms with van der Waals surface area (Å²) in [7, 11) is 0. The zero-order valence-electron chi connectivity index (χ0n) is 8.70. The van der Waals surface area contributed by atoms with Crippen molar-refractivity contribution in [1.82, 2.24) is 4.90 Å². The minimum atomic E-state index is -4.39. The Hall–Kier alpha value is -0.400. The molecule has 0 spiro atoms. The van der Waals surface area contributed by atoms with Gasteiger partial charge in [-0.05, 0) is 12.8 Å². The molecule has 0 aromatic rings. The van der Waals surface area contributed by atoms with Crippen molar-refractivity contribution < 1.29 is 18.3 Å². The lowest BCUT2D eigenvalue weighted by atomic mass is 10.0. The lowest BCUT2D eigenvalue weighted by Gasteiger charge is -2.32. The quantitative estimate of drug-likeness (QED) is 0.737. The standard InChI is InChI=1S/C9H15F3N2OS/c10-9(11,12)7(8(13)16)5-14-3-1-6(15)2-4-14/h6-7,15H,1-5H2,(H2,13,16). The van der Waals surface area contributed by atoms with Crippen LogP contribution in [0.15, 0.2) is 0 Å². The molecule has 1 aliphatic heterocycles. The van der Waals surface area contributed by atoms with E-state index in [0.717, 1.165) is 0 Å². The van der Waals surface area contributed by atoms with Gasteiger partial charge in [0, 0.05) is 19.6 Å². The molecule has 1 heterocycles. The summed E-state index contributed by atoms with van der Waals surface area (Å²) < 4.78 is 37.7. The minimum Gasteiger partial charge on any atom is -0.393 e. The summed E-state index contributed by atoms with van der Waals surface area (Å²) in [5.41, 5.74) is 5.10. The second kappa shape index (κ2) is 5.29. The van der Waals surface area contributed by atoms with Crippen molar-refractivity contribution in [2.75, 3.05) is 19.6 Å². The molecule has 0 amide bonds. The number of rotatable bonds is 3. The molecule has 1 fully saturated rings. The molecule has 0 saturated carbocycles. The summed E-state index contributed by atoms with van der Waals surface area (Å²) in [5.74, 6) is -1.75. The SMILES string of the molecule is NC(=S)C(CN1CCC(O)CC1)C(F)(F)F. The largest absolute Gasteiger partial charge is 0.399 e. The summed E-state index contributed by atoms with van der Waals surface area (Å²) in [6, 6.07) is 0. The molecule has 3 nitrogen and oxygen atoms in total. The van der Waals surface area contributed by atoms with Crippen LogP contribution in [0.3, 0.4) is 0 Å². The molecule has 1 saturated heterocycles. The van der Waals surface area contributed by atoms with E-state index in [1.54, 1.807) is 4.90 Å². The second-order valence-electron chi connectivity index (χ2n) is 4.03. The fourth-order valence-electron chi connectivity index (χ4n) is 1.71. The molecule has 0 radical (unpaired) electrons. The van der Waals surface area contributed by atoms with E-state index in [2.05, 4.69) is 12.2 Å². The zero-order chi connectivity index (χ0) is 12.3. The third-order valence-corrected chi connectivity index (χ3v) is 3.02. The number of halogens is 3. The highest BCUT2D eigenvalue weighted by molar-refractivity contribution is 7.80. The number of hydrogen-bond acceptors (Lipinski definition) is 3. The smallest absolute Gasteiger partial charge is 0.393 e. The van der Waals surface area contributed by atoms with Gasteiger partial charge in [-0.1, -0.05) is 12.2 Å². The van der Waals surface area contributed by atoms with Gasteiger partial charge < -0.3 is 15.7 Å². The van der Waals surface area contributed by atoms with Crippen molar-refractivity contribution >= 4 is 17.2 Å². The first-order chi connectivity index (χ1) is 7.30. The van der Waals surface area contributed by atoms with Gasteiger partial charge in [-0.2, -0.15) is 13.2 Å². The van der Waals surface area contributed by atoms with Crippen LogP contribution in [0.25, 0.3) is 0 Å².